The average Bonchev–Trinajstić information content (AvgIpc) is 2.50. The molecule has 0 aliphatic rings. The lowest BCUT2D eigenvalue weighted by Crippen LogP contribution is -1.78. The van der Waals surface area contributed by atoms with Crippen molar-refractivity contribution in [1.29, 1.82) is 0 Å². The van der Waals surface area contributed by atoms with E-state index in [1.807, 2.05) is 6.92 Å². The molecule has 0 spiro atoms. The Labute approximate surface area is 88.9 Å². The zero-order valence-corrected chi connectivity index (χ0v) is 9.01. The zero-order valence-electron chi connectivity index (χ0n) is 7.42. The van der Waals surface area contributed by atoms with Crippen molar-refractivity contribution >= 4 is 15.9 Å². The summed E-state index contributed by atoms with van der Waals surface area (Å²) in [5.74, 6) is 0.270. The summed E-state index contributed by atoms with van der Waals surface area (Å²) in [6, 6.07) is 6.35. The molecule has 2 nitrogen and oxygen atoms in total. The minimum absolute atomic E-state index is 0.302. The molecule has 0 aliphatic carbocycles. The molecule has 0 fully saturated rings. The lowest BCUT2D eigenvalue weighted by atomic mass is 10.1. The van der Waals surface area contributed by atoms with Crippen LogP contribution in [0.25, 0.3) is 11.3 Å². The molecule has 1 aromatic carbocycles. The lowest BCUT2D eigenvalue weighted by Gasteiger charge is -1.97. The first-order chi connectivity index (χ1) is 6.65. The maximum Gasteiger partial charge on any atom is 0.167 e. The summed E-state index contributed by atoms with van der Waals surface area (Å²) in [4.78, 5) is 0. The molecule has 1 heterocycles. The molecule has 14 heavy (non-hydrogen) atoms. The Morgan fingerprint density at radius 1 is 1.29 bits per heavy atom. The van der Waals surface area contributed by atoms with Crippen LogP contribution in [0.5, 0.6) is 0 Å². The Hall–Kier alpha value is -1.16. The van der Waals surface area contributed by atoms with Crippen LogP contribution in [-0.2, 0) is 0 Å². The van der Waals surface area contributed by atoms with Gasteiger partial charge < -0.3 is 4.52 Å². The molecule has 0 N–H and O–H groups in total. The molecule has 0 amide bonds. The number of benzene rings is 1. The third kappa shape index (κ3) is 1.85. The van der Waals surface area contributed by atoms with Crippen LogP contribution in [0.1, 0.15) is 5.69 Å². The van der Waals surface area contributed by atoms with Gasteiger partial charge in [0.2, 0.25) is 0 Å². The predicted octanol–water partition coefficient (Wildman–Crippen LogP) is 3.55. The van der Waals surface area contributed by atoms with Gasteiger partial charge in [0.25, 0.3) is 0 Å². The number of hydrogen-bond donors (Lipinski definition) is 0. The lowest BCUT2D eigenvalue weighted by molar-refractivity contribution is 0.427. The fraction of sp³-hybridized carbons (Fsp3) is 0.100. The van der Waals surface area contributed by atoms with E-state index in [0.717, 1.165) is 5.69 Å². The van der Waals surface area contributed by atoms with Crippen LogP contribution in [0, 0.1) is 12.7 Å². The van der Waals surface area contributed by atoms with Crippen LogP contribution in [0.15, 0.2) is 33.3 Å². The number of hydrogen-bond acceptors (Lipinski definition) is 2. The molecule has 0 atom stereocenters. The SMILES string of the molecule is Cc1cc(-c2cc(F)cc(Br)c2)on1. The van der Waals surface area contributed by atoms with Crippen molar-refractivity contribution in [2.75, 3.05) is 0 Å². The number of nitrogens with zero attached hydrogens (tertiary/aromatic N) is 1. The van der Waals surface area contributed by atoms with E-state index < -0.39 is 0 Å². The molecule has 0 radical (unpaired) electrons. The quantitative estimate of drug-likeness (QED) is 0.779. The maximum absolute atomic E-state index is 13.0. The predicted molar refractivity (Wildman–Crippen MR) is 54.3 cm³/mol. The standard InChI is InChI=1S/C10H7BrFNO/c1-6-2-10(14-13-6)7-3-8(11)5-9(12)4-7/h2-5H,1H3. The van der Waals surface area contributed by atoms with Crippen molar-refractivity contribution in [1.82, 2.24) is 5.16 Å². The van der Waals surface area contributed by atoms with E-state index >= 15 is 0 Å². The summed E-state index contributed by atoms with van der Waals surface area (Å²) in [6.45, 7) is 1.82. The monoisotopic (exact) mass is 255 g/mol. The fourth-order valence-corrected chi connectivity index (χ4v) is 1.66. The summed E-state index contributed by atoms with van der Waals surface area (Å²) in [5, 5.41) is 3.74. The molecular weight excluding hydrogens is 249 g/mol. The molecular formula is C10H7BrFNO. The zero-order chi connectivity index (χ0) is 10.1. The van der Waals surface area contributed by atoms with Gasteiger partial charge in [0.1, 0.15) is 5.82 Å². The van der Waals surface area contributed by atoms with Crippen LogP contribution in [0.3, 0.4) is 0 Å². The highest BCUT2D eigenvalue weighted by atomic mass is 79.9. The van der Waals surface area contributed by atoms with E-state index in [-0.39, 0.29) is 5.82 Å². The van der Waals surface area contributed by atoms with Gasteiger partial charge in [-0.1, -0.05) is 21.1 Å². The van der Waals surface area contributed by atoms with Gasteiger partial charge in [-0.25, -0.2) is 4.39 Å². The summed E-state index contributed by atoms with van der Waals surface area (Å²) in [6.07, 6.45) is 0. The summed E-state index contributed by atoms with van der Waals surface area (Å²) < 4.78 is 18.7. The number of aromatic nitrogens is 1. The van der Waals surface area contributed by atoms with E-state index in [1.54, 1.807) is 12.1 Å². The second kappa shape index (κ2) is 3.53. The maximum atomic E-state index is 13.0. The van der Waals surface area contributed by atoms with Gasteiger partial charge >= 0.3 is 0 Å². The van der Waals surface area contributed by atoms with Gasteiger partial charge in [-0.3, -0.25) is 0 Å². The Morgan fingerprint density at radius 3 is 2.64 bits per heavy atom. The second-order valence-electron chi connectivity index (χ2n) is 2.99. The summed E-state index contributed by atoms with van der Waals surface area (Å²) >= 11 is 3.21. The third-order valence-electron chi connectivity index (χ3n) is 1.78. The molecule has 72 valence electrons. The summed E-state index contributed by atoms with van der Waals surface area (Å²) in [7, 11) is 0. The van der Waals surface area contributed by atoms with E-state index in [2.05, 4.69) is 21.1 Å². The van der Waals surface area contributed by atoms with Crippen molar-refractivity contribution in [2.24, 2.45) is 0 Å². The van der Waals surface area contributed by atoms with E-state index in [1.165, 1.54) is 12.1 Å². The van der Waals surface area contributed by atoms with Crippen LogP contribution >= 0.6 is 15.9 Å². The first-order valence-electron chi connectivity index (χ1n) is 4.05. The first-order valence-corrected chi connectivity index (χ1v) is 4.84. The Kier molecular flexibility index (Phi) is 2.37. The van der Waals surface area contributed by atoms with Gasteiger partial charge in [-0.05, 0) is 25.1 Å². The first kappa shape index (κ1) is 9.40. The number of aryl methyl sites for hydroxylation is 1. The molecule has 4 heteroatoms. The van der Waals surface area contributed by atoms with E-state index in [9.17, 15) is 4.39 Å². The van der Waals surface area contributed by atoms with Crippen molar-refractivity contribution in [3.8, 4) is 11.3 Å². The van der Waals surface area contributed by atoms with Crippen molar-refractivity contribution in [3.63, 3.8) is 0 Å². The molecule has 0 aliphatic heterocycles. The Balaban J connectivity index is 2.51. The molecule has 2 rings (SSSR count). The van der Waals surface area contributed by atoms with Gasteiger partial charge in [0.05, 0.1) is 5.69 Å². The van der Waals surface area contributed by atoms with Gasteiger partial charge in [0.15, 0.2) is 5.76 Å². The highest BCUT2D eigenvalue weighted by Crippen LogP contribution is 2.24. The normalized spacial score (nSPS) is 10.5. The van der Waals surface area contributed by atoms with Gasteiger partial charge in [-0.15, -0.1) is 0 Å². The third-order valence-corrected chi connectivity index (χ3v) is 2.23. The number of halogens is 2. The molecule has 0 saturated carbocycles. The average molecular weight is 256 g/mol. The van der Waals surface area contributed by atoms with Crippen molar-refractivity contribution < 1.29 is 8.91 Å². The van der Waals surface area contributed by atoms with Crippen molar-refractivity contribution in [2.45, 2.75) is 6.92 Å². The van der Waals surface area contributed by atoms with Gasteiger partial charge in [0, 0.05) is 16.1 Å². The largest absolute Gasteiger partial charge is 0.356 e. The molecule has 0 unspecified atom stereocenters. The van der Waals surface area contributed by atoms with E-state index in [0.29, 0.717) is 15.8 Å². The highest BCUT2D eigenvalue weighted by molar-refractivity contribution is 9.10. The smallest absolute Gasteiger partial charge is 0.167 e. The van der Waals surface area contributed by atoms with Crippen LogP contribution in [0.4, 0.5) is 4.39 Å². The van der Waals surface area contributed by atoms with Crippen LogP contribution in [0.2, 0.25) is 0 Å². The van der Waals surface area contributed by atoms with Crippen LogP contribution < -0.4 is 0 Å². The molecule has 0 bridgehead atoms. The number of rotatable bonds is 1. The van der Waals surface area contributed by atoms with Crippen LogP contribution in [-0.4, -0.2) is 5.16 Å². The molecule has 0 saturated heterocycles. The summed E-state index contributed by atoms with van der Waals surface area (Å²) in [5.41, 5.74) is 1.46. The van der Waals surface area contributed by atoms with E-state index in [4.69, 9.17) is 4.52 Å². The Morgan fingerprint density at radius 2 is 2.07 bits per heavy atom. The Bertz CT molecular complexity index is 447. The minimum Gasteiger partial charge on any atom is -0.356 e. The minimum atomic E-state index is -0.302. The molecule has 1 aromatic heterocycles. The highest BCUT2D eigenvalue weighted by Gasteiger charge is 2.06. The van der Waals surface area contributed by atoms with Gasteiger partial charge in [-0.2, -0.15) is 0 Å². The second-order valence-corrected chi connectivity index (χ2v) is 3.91. The fourth-order valence-electron chi connectivity index (χ4n) is 1.20. The molecule has 2 aromatic rings. The topological polar surface area (TPSA) is 26.0 Å². The van der Waals surface area contributed by atoms with Crippen molar-refractivity contribution in [3.05, 3.63) is 40.2 Å².